The molecule has 32 heavy (non-hydrogen) atoms. The number of methoxy groups -OCH3 is 1. The number of hydrogen-bond donors (Lipinski definition) is 2. The van der Waals surface area contributed by atoms with Crippen molar-refractivity contribution in [1.82, 2.24) is 19.9 Å². The largest absolute Gasteiger partial charge is 0.480 e. The summed E-state index contributed by atoms with van der Waals surface area (Å²) < 4.78 is 5.16. The smallest absolute Gasteiger partial charge is 0.272 e. The van der Waals surface area contributed by atoms with Gasteiger partial charge in [0.25, 0.3) is 5.91 Å². The highest BCUT2D eigenvalue weighted by atomic mass is 35.5. The molecule has 3 rings (SSSR count). The summed E-state index contributed by atoms with van der Waals surface area (Å²) in [5.41, 5.74) is 0.330. The third-order valence-corrected chi connectivity index (χ3v) is 5.97. The summed E-state index contributed by atoms with van der Waals surface area (Å²) in [6.45, 7) is 4.01. The van der Waals surface area contributed by atoms with Gasteiger partial charge in [-0.3, -0.25) is 14.9 Å². The van der Waals surface area contributed by atoms with Crippen molar-refractivity contribution < 1.29 is 14.3 Å². The maximum Gasteiger partial charge on any atom is 0.272 e. The summed E-state index contributed by atoms with van der Waals surface area (Å²) in [6.07, 6.45) is 7.77. The zero-order valence-corrected chi connectivity index (χ0v) is 19.4. The molecular formula is C20H25BClN6O3S. The minimum atomic E-state index is -0.355. The van der Waals surface area contributed by atoms with Crippen LogP contribution < -0.4 is 15.4 Å². The first-order valence-electron chi connectivity index (χ1n) is 10.3. The van der Waals surface area contributed by atoms with E-state index in [1.807, 2.05) is 0 Å². The van der Waals surface area contributed by atoms with Gasteiger partial charge in [0, 0.05) is 18.0 Å². The Morgan fingerprint density at radius 1 is 1.38 bits per heavy atom. The van der Waals surface area contributed by atoms with Gasteiger partial charge in [-0.15, -0.1) is 11.3 Å². The van der Waals surface area contributed by atoms with E-state index in [-0.39, 0.29) is 17.9 Å². The Bertz CT molecular complexity index is 959. The van der Waals surface area contributed by atoms with Crippen LogP contribution in [0.5, 0.6) is 5.88 Å². The Labute approximate surface area is 196 Å². The number of rotatable bonds is 6. The van der Waals surface area contributed by atoms with Crippen molar-refractivity contribution in [1.29, 1.82) is 0 Å². The monoisotopic (exact) mass is 475 g/mol. The van der Waals surface area contributed by atoms with Crippen LogP contribution in [0.25, 0.3) is 0 Å². The van der Waals surface area contributed by atoms with Crippen molar-refractivity contribution in [2.45, 2.75) is 38.0 Å². The van der Waals surface area contributed by atoms with E-state index >= 15 is 0 Å². The van der Waals surface area contributed by atoms with Gasteiger partial charge in [-0.05, 0) is 31.8 Å². The molecule has 12 heteroatoms. The first kappa shape index (κ1) is 24.0. The van der Waals surface area contributed by atoms with E-state index in [2.05, 4.69) is 39.4 Å². The van der Waals surface area contributed by atoms with E-state index in [0.717, 1.165) is 38.1 Å². The minimum absolute atomic E-state index is 0.146. The molecular weight excluding hydrogens is 451 g/mol. The number of nitrogens with zero attached hydrogens (tertiary/aromatic N) is 4. The zero-order chi connectivity index (χ0) is 22.9. The number of hydrogen-bond acceptors (Lipinski definition) is 8. The van der Waals surface area contributed by atoms with Crippen molar-refractivity contribution >= 4 is 53.1 Å². The van der Waals surface area contributed by atoms with Crippen LogP contribution in [0.2, 0.25) is 11.3 Å². The molecule has 9 nitrogen and oxygen atoms in total. The van der Waals surface area contributed by atoms with E-state index in [4.69, 9.17) is 16.3 Å². The summed E-state index contributed by atoms with van der Waals surface area (Å²) in [7, 11) is 3.64. The second-order valence-electron chi connectivity index (χ2n) is 7.24. The van der Waals surface area contributed by atoms with Crippen LogP contribution in [-0.4, -0.2) is 65.1 Å². The molecule has 1 aliphatic rings. The summed E-state index contributed by atoms with van der Waals surface area (Å²) in [5, 5.41) is 8.36. The lowest BCUT2D eigenvalue weighted by atomic mass is 9.71. The van der Waals surface area contributed by atoms with Gasteiger partial charge in [-0.1, -0.05) is 30.9 Å². The highest BCUT2D eigenvalue weighted by Gasteiger charge is 2.21. The lowest BCUT2D eigenvalue weighted by Crippen LogP contribution is -2.37. The van der Waals surface area contributed by atoms with Crippen molar-refractivity contribution in [2.24, 2.45) is 0 Å². The maximum atomic E-state index is 13.0. The van der Waals surface area contributed by atoms with Gasteiger partial charge in [0.1, 0.15) is 18.0 Å². The van der Waals surface area contributed by atoms with Crippen LogP contribution in [-0.2, 0) is 4.79 Å². The molecule has 3 heterocycles. The fraction of sp³-hybridized carbons (Fsp3) is 0.450. The van der Waals surface area contributed by atoms with E-state index in [9.17, 15) is 9.59 Å². The number of thiazole rings is 1. The Hall–Kier alpha value is -2.66. The minimum Gasteiger partial charge on any atom is -0.480 e. The second kappa shape index (κ2) is 11.8. The van der Waals surface area contributed by atoms with Crippen molar-refractivity contribution in [3.63, 3.8) is 0 Å². The van der Waals surface area contributed by atoms with Gasteiger partial charge in [-0.2, -0.15) is 4.98 Å². The van der Waals surface area contributed by atoms with Crippen LogP contribution >= 0.6 is 22.9 Å². The predicted molar refractivity (Wildman–Crippen MR) is 127 cm³/mol. The number of ether oxygens (including phenoxy) is 1. The normalized spacial score (nSPS) is 17.1. The SMILES string of the molecule is C=CC(=O)Nc1nc(C(=O)N2C[B]CCC[C@@H](Nc3ncc(Cl)c(OC)n3)CCC2)cs1. The summed E-state index contributed by atoms with van der Waals surface area (Å²) >= 11 is 7.22. The molecule has 1 saturated heterocycles. The van der Waals surface area contributed by atoms with Crippen molar-refractivity contribution in [3.05, 3.63) is 34.9 Å². The van der Waals surface area contributed by atoms with E-state index in [1.54, 1.807) is 10.3 Å². The van der Waals surface area contributed by atoms with Crippen LogP contribution in [0.1, 0.15) is 36.2 Å². The molecule has 0 aromatic carbocycles. The molecule has 0 unspecified atom stereocenters. The highest BCUT2D eigenvalue weighted by Crippen LogP contribution is 2.23. The Morgan fingerprint density at radius 3 is 2.97 bits per heavy atom. The molecule has 0 aliphatic carbocycles. The number of nitrogens with one attached hydrogen (secondary N) is 2. The average Bonchev–Trinajstić information content (AvgIpc) is 3.26. The van der Waals surface area contributed by atoms with Crippen LogP contribution in [0, 0.1) is 0 Å². The standard InChI is InChI=1S/C20H25BClN6O3S/c1-3-16(29)26-20-25-15(11-32-20)18(30)28-9-5-7-13(6-4-8-21-12-28)24-19-23-10-14(22)17(27-19)31-2/h3,10-11,13H,1,4-9,12H2,2H3,(H,23,24,27)(H,25,26,29)/t13-/m1/s1. The molecule has 0 bridgehead atoms. The predicted octanol–water partition coefficient (Wildman–Crippen LogP) is 3.30. The second-order valence-corrected chi connectivity index (χ2v) is 8.50. The Kier molecular flexibility index (Phi) is 8.86. The number of aromatic nitrogens is 3. The van der Waals surface area contributed by atoms with E-state index in [1.165, 1.54) is 24.6 Å². The van der Waals surface area contributed by atoms with Gasteiger partial charge in [0.15, 0.2) is 5.13 Å². The van der Waals surface area contributed by atoms with Crippen LogP contribution in [0.4, 0.5) is 11.1 Å². The number of carbonyl (C=O) groups excluding carboxylic acids is 2. The number of halogens is 1. The molecule has 2 amide bonds. The summed E-state index contributed by atoms with van der Waals surface area (Å²) in [5.74, 6) is 0.307. The fourth-order valence-electron chi connectivity index (χ4n) is 3.34. The first-order chi connectivity index (χ1) is 15.5. The molecule has 0 saturated carbocycles. The van der Waals surface area contributed by atoms with E-state index in [0.29, 0.717) is 40.7 Å². The molecule has 1 aliphatic heterocycles. The first-order valence-corrected chi connectivity index (χ1v) is 11.6. The van der Waals surface area contributed by atoms with Crippen LogP contribution in [0.3, 0.4) is 0 Å². The molecule has 0 spiro atoms. The molecule has 1 atom stereocenters. The Morgan fingerprint density at radius 2 is 2.19 bits per heavy atom. The lowest BCUT2D eigenvalue weighted by Gasteiger charge is -2.26. The quantitative estimate of drug-likeness (QED) is 0.487. The molecule has 1 fully saturated rings. The topological polar surface area (TPSA) is 109 Å². The van der Waals surface area contributed by atoms with Crippen molar-refractivity contribution in [2.75, 3.05) is 30.7 Å². The zero-order valence-electron chi connectivity index (χ0n) is 17.8. The highest BCUT2D eigenvalue weighted by molar-refractivity contribution is 7.14. The third-order valence-electron chi connectivity index (χ3n) is 4.96. The van der Waals surface area contributed by atoms with Gasteiger partial charge in [0.2, 0.25) is 17.7 Å². The number of carbonyl (C=O) groups is 2. The molecule has 2 aromatic heterocycles. The molecule has 2 N–H and O–H groups in total. The van der Waals surface area contributed by atoms with Gasteiger partial charge in [0.05, 0.1) is 13.3 Å². The Balaban J connectivity index is 1.59. The van der Waals surface area contributed by atoms with Gasteiger partial charge >= 0.3 is 0 Å². The summed E-state index contributed by atoms with van der Waals surface area (Å²) in [4.78, 5) is 39.0. The lowest BCUT2D eigenvalue weighted by molar-refractivity contribution is -0.111. The van der Waals surface area contributed by atoms with E-state index < -0.39 is 0 Å². The van der Waals surface area contributed by atoms with Gasteiger partial charge < -0.3 is 15.0 Å². The number of amides is 2. The van der Waals surface area contributed by atoms with Crippen LogP contribution in [0.15, 0.2) is 24.2 Å². The summed E-state index contributed by atoms with van der Waals surface area (Å²) in [6, 6.07) is 0.171. The van der Waals surface area contributed by atoms with Crippen molar-refractivity contribution in [3.8, 4) is 5.88 Å². The molecule has 2 aromatic rings. The fourth-order valence-corrected chi connectivity index (χ4v) is 4.20. The third kappa shape index (κ3) is 6.67. The maximum absolute atomic E-state index is 13.0. The number of anilines is 2. The molecule has 169 valence electrons. The molecule has 1 radical (unpaired) electrons. The average molecular weight is 476 g/mol. The van der Waals surface area contributed by atoms with Gasteiger partial charge in [-0.25, -0.2) is 9.97 Å².